The third-order valence-electron chi connectivity index (χ3n) is 5.12. The number of anilines is 1. The third-order valence-corrected chi connectivity index (χ3v) is 5.90. The molecule has 0 unspecified atom stereocenters. The molecule has 4 rings (SSSR count). The number of aromatic nitrogens is 2. The highest BCUT2D eigenvalue weighted by Gasteiger charge is 2.12. The van der Waals surface area contributed by atoms with E-state index in [0.717, 1.165) is 17.7 Å². The van der Waals surface area contributed by atoms with E-state index < -0.39 is 0 Å². The van der Waals surface area contributed by atoms with Crippen molar-refractivity contribution < 1.29 is 14.3 Å². The van der Waals surface area contributed by atoms with Gasteiger partial charge in [-0.3, -0.25) is 4.79 Å². The van der Waals surface area contributed by atoms with Crippen LogP contribution in [0.3, 0.4) is 0 Å². The standard InChI is InChI=1S/C26H22Cl3N3O3/c1-2-17-6-8-22(9-7-17)35-16-32-14-21(13-30-32)31-26(33)19-5-3-4-18(10-19)15-34-25-23(28)11-20(27)12-24(25)29/h3-14H,2,15-16H2,1H3,(H,31,33). The molecule has 0 bridgehead atoms. The summed E-state index contributed by atoms with van der Waals surface area (Å²) in [6.45, 7) is 2.51. The smallest absolute Gasteiger partial charge is 0.255 e. The van der Waals surface area contributed by atoms with Crippen LogP contribution in [0.25, 0.3) is 0 Å². The lowest BCUT2D eigenvalue weighted by Gasteiger charge is -2.11. The van der Waals surface area contributed by atoms with Crippen molar-refractivity contribution in [3.05, 3.63) is 105 Å². The van der Waals surface area contributed by atoms with Gasteiger partial charge in [-0.2, -0.15) is 5.10 Å². The lowest BCUT2D eigenvalue weighted by molar-refractivity contribution is 0.102. The second-order valence-corrected chi connectivity index (χ2v) is 8.93. The number of nitrogens with one attached hydrogen (secondary N) is 1. The number of hydrogen-bond acceptors (Lipinski definition) is 4. The van der Waals surface area contributed by atoms with Gasteiger partial charge in [0, 0.05) is 10.6 Å². The van der Waals surface area contributed by atoms with E-state index >= 15 is 0 Å². The lowest BCUT2D eigenvalue weighted by atomic mass is 10.1. The first-order valence-electron chi connectivity index (χ1n) is 10.8. The van der Waals surface area contributed by atoms with Crippen LogP contribution < -0.4 is 14.8 Å². The molecule has 0 saturated carbocycles. The Hall–Kier alpha value is -3.19. The summed E-state index contributed by atoms with van der Waals surface area (Å²) >= 11 is 18.3. The fourth-order valence-corrected chi connectivity index (χ4v) is 4.21. The van der Waals surface area contributed by atoms with E-state index in [0.29, 0.717) is 32.1 Å². The highest BCUT2D eigenvalue weighted by Crippen LogP contribution is 2.36. The third kappa shape index (κ3) is 6.69. The first-order chi connectivity index (χ1) is 16.9. The molecule has 1 amide bonds. The van der Waals surface area contributed by atoms with Crippen molar-refractivity contribution in [1.29, 1.82) is 0 Å². The number of rotatable bonds is 9. The Morgan fingerprint density at radius 1 is 0.971 bits per heavy atom. The summed E-state index contributed by atoms with van der Waals surface area (Å²) in [5, 5.41) is 8.13. The maximum absolute atomic E-state index is 12.8. The zero-order valence-electron chi connectivity index (χ0n) is 18.8. The minimum Gasteiger partial charge on any atom is -0.486 e. The highest BCUT2D eigenvalue weighted by molar-refractivity contribution is 6.40. The first kappa shape index (κ1) is 24.9. The van der Waals surface area contributed by atoms with Gasteiger partial charge < -0.3 is 14.8 Å². The second-order valence-electron chi connectivity index (χ2n) is 7.68. The maximum atomic E-state index is 12.8. The summed E-state index contributed by atoms with van der Waals surface area (Å²) in [6.07, 6.45) is 4.25. The molecule has 0 radical (unpaired) electrons. The fraction of sp³-hybridized carbons (Fsp3) is 0.154. The van der Waals surface area contributed by atoms with Crippen LogP contribution in [0.1, 0.15) is 28.4 Å². The van der Waals surface area contributed by atoms with E-state index in [1.807, 2.05) is 30.3 Å². The average Bonchev–Trinajstić information content (AvgIpc) is 3.29. The van der Waals surface area contributed by atoms with Crippen molar-refractivity contribution in [2.75, 3.05) is 5.32 Å². The summed E-state index contributed by atoms with van der Waals surface area (Å²) in [6, 6.07) is 18.1. The molecule has 0 aliphatic heterocycles. The normalized spacial score (nSPS) is 10.7. The van der Waals surface area contributed by atoms with Gasteiger partial charge in [-0.05, 0) is 53.9 Å². The Bertz CT molecular complexity index is 1300. The van der Waals surface area contributed by atoms with Crippen LogP contribution in [0.5, 0.6) is 11.5 Å². The number of aryl methyl sites for hydroxylation is 1. The van der Waals surface area contributed by atoms with Crippen LogP contribution in [0.2, 0.25) is 15.1 Å². The van der Waals surface area contributed by atoms with Crippen molar-refractivity contribution in [3.63, 3.8) is 0 Å². The van der Waals surface area contributed by atoms with Gasteiger partial charge in [0.1, 0.15) is 12.4 Å². The molecule has 0 atom stereocenters. The van der Waals surface area contributed by atoms with Gasteiger partial charge in [-0.25, -0.2) is 4.68 Å². The van der Waals surface area contributed by atoms with Crippen LogP contribution in [-0.4, -0.2) is 15.7 Å². The van der Waals surface area contributed by atoms with E-state index in [2.05, 4.69) is 17.3 Å². The Morgan fingerprint density at radius 2 is 1.71 bits per heavy atom. The molecule has 9 heteroatoms. The van der Waals surface area contributed by atoms with Gasteiger partial charge in [0.25, 0.3) is 5.91 Å². The van der Waals surface area contributed by atoms with Gasteiger partial charge in [0.05, 0.1) is 28.1 Å². The number of halogens is 3. The molecular weight excluding hydrogens is 509 g/mol. The van der Waals surface area contributed by atoms with Crippen molar-refractivity contribution in [2.45, 2.75) is 26.7 Å². The Balaban J connectivity index is 1.34. The summed E-state index contributed by atoms with van der Waals surface area (Å²) in [5.41, 5.74) is 3.05. The van der Waals surface area contributed by atoms with Crippen LogP contribution in [0, 0.1) is 0 Å². The van der Waals surface area contributed by atoms with Crippen molar-refractivity contribution in [1.82, 2.24) is 9.78 Å². The highest BCUT2D eigenvalue weighted by atomic mass is 35.5. The summed E-state index contributed by atoms with van der Waals surface area (Å²) in [5.74, 6) is 0.817. The van der Waals surface area contributed by atoms with Crippen molar-refractivity contribution >= 4 is 46.4 Å². The lowest BCUT2D eigenvalue weighted by Crippen LogP contribution is -2.12. The Labute approximate surface area is 218 Å². The topological polar surface area (TPSA) is 65.4 Å². The van der Waals surface area contributed by atoms with Gasteiger partial charge in [-0.15, -0.1) is 0 Å². The molecule has 0 fully saturated rings. The Kier molecular flexibility index (Phi) is 8.18. The van der Waals surface area contributed by atoms with Gasteiger partial charge in [-0.1, -0.05) is 66.0 Å². The molecule has 35 heavy (non-hydrogen) atoms. The van der Waals surface area contributed by atoms with Crippen molar-refractivity contribution in [3.8, 4) is 11.5 Å². The summed E-state index contributed by atoms with van der Waals surface area (Å²) in [4.78, 5) is 12.8. The van der Waals surface area contributed by atoms with Gasteiger partial charge >= 0.3 is 0 Å². The number of hydrogen-bond donors (Lipinski definition) is 1. The zero-order valence-corrected chi connectivity index (χ0v) is 21.1. The molecule has 6 nitrogen and oxygen atoms in total. The fourth-order valence-electron chi connectivity index (χ4n) is 3.29. The number of benzene rings is 3. The van der Waals surface area contributed by atoms with Crippen LogP contribution in [0.15, 0.2) is 73.1 Å². The maximum Gasteiger partial charge on any atom is 0.255 e. The largest absolute Gasteiger partial charge is 0.486 e. The Morgan fingerprint density at radius 3 is 2.43 bits per heavy atom. The predicted octanol–water partition coefficient (Wildman–Crippen LogP) is 7.27. The molecule has 0 aliphatic carbocycles. The molecule has 1 N–H and O–H groups in total. The number of nitrogens with zero attached hydrogens (tertiary/aromatic N) is 2. The predicted molar refractivity (Wildman–Crippen MR) is 139 cm³/mol. The van der Waals surface area contributed by atoms with E-state index in [1.54, 1.807) is 47.4 Å². The number of ether oxygens (including phenoxy) is 2. The quantitative estimate of drug-likeness (QED) is 0.247. The van der Waals surface area contributed by atoms with E-state index in [9.17, 15) is 4.79 Å². The van der Waals surface area contributed by atoms with E-state index in [-0.39, 0.29) is 19.2 Å². The van der Waals surface area contributed by atoms with Crippen LogP contribution >= 0.6 is 34.8 Å². The number of amides is 1. The molecular formula is C26H22Cl3N3O3. The van der Waals surface area contributed by atoms with Crippen LogP contribution in [-0.2, 0) is 19.8 Å². The molecule has 180 valence electrons. The van der Waals surface area contributed by atoms with Crippen LogP contribution in [0.4, 0.5) is 5.69 Å². The number of carbonyl (C=O) groups is 1. The van der Waals surface area contributed by atoms with Crippen molar-refractivity contribution in [2.24, 2.45) is 0 Å². The molecule has 1 heterocycles. The van der Waals surface area contributed by atoms with Gasteiger partial charge in [0.2, 0.25) is 0 Å². The number of carbonyl (C=O) groups excluding carboxylic acids is 1. The van der Waals surface area contributed by atoms with Gasteiger partial charge in [0.15, 0.2) is 12.5 Å². The SMILES string of the molecule is CCc1ccc(OCn2cc(NC(=O)c3cccc(COc4c(Cl)cc(Cl)cc4Cl)c3)cn2)cc1. The second kappa shape index (κ2) is 11.5. The monoisotopic (exact) mass is 529 g/mol. The molecule has 0 spiro atoms. The minimum absolute atomic E-state index is 0.177. The van der Waals surface area contributed by atoms with E-state index in [1.165, 1.54) is 5.56 Å². The molecule has 1 aromatic heterocycles. The molecule has 4 aromatic rings. The summed E-state index contributed by atoms with van der Waals surface area (Å²) < 4.78 is 13.1. The molecule has 0 aliphatic rings. The average molecular weight is 531 g/mol. The molecule has 3 aromatic carbocycles. The first-order valence-corrected chi connectivity index (χ1v) is 12.0. The van der Waals surface area contributed by atoms with E-state index in [4.69, 9.17) is 44.3 Å². The minimum atomic E-state index is -0.273. The molecule has 0 saturated heterocycles. The summed E-state index contributed by atoms with van der Waals surface area (Å²) in [7, 11) is 0. The zero-order chi connectivity index (χ0) is 24.8.